The summed E-state index contributed by atoms with van der Waals surface area (Å²) >= 11 is 2.29. The van der Waals surface area contributed by atoms with Crippen molar-refractivity contribution in [2.24, 2.45) is 0 Å². The number of anilines is 1. The number of likely N-dealkylation sites (N-methyl/N-ethyl adjacent to an activating group) is 1. The maximum absolute atomic E-state index is 12.5. The first-order valence-electron chi connectivity index (χ1n) is 8.87. The van der Waals surface area contributed by atoms with Crippen LogP contribution in [0, 0.1) is 0 Å². The van der Waals surface area contributed by atoms with Gasteiger partial charge in [-0.25, -0.2) is 9.88 Å². The van der Waals surface area contributed by atoms with Gasteiger partial charge in [0, 0.05) is 19.2 Å². The molecule has 1 aliphatic heterocycles. The van der Waals surface area contributed by atoms with Gasteiger partial charge in [0.1, 0.15) is 0 Å². The van der Waals surface area contributed by atoms with E-state index in [-0.39, 0.29) is 12.2 Å². The number of aromatic nitrogens is 1. The maximum atomic E-state index is 12.5. The third-order valence-electron chi connectivity index (χ3n) is 4.34. The summed E-state index contributed by atoms with van der Waals surface area (Å²) in [6, 6.07) is 16.1. The second-order valence-corrected chi connectivity index (χ2v) is 8.34. The van der Waals surface area contributed by atoms with Crippen LogP contribution >= 0.6 is 23.1 Å². The van der Waals surface area contributed by atoms with Crippen LogP contribution in [0.25, 0.3) is 10.2 Å². The van der Waals surface area contributed by atoms with Gasteiger partial charge in [-0.3, -0.25) is 14.4 Å². The van der Waals surface area contributed by atoms with E-state index < -0.39 is 22.5 Å². The Bertz CT molecular complexity index is 1040. The minimum Gasteiger partial charge on any atom is -0.355 e. The zero-order chi connectivity index (χ0) is 20.4. The Morgan fingerprint density at radius 1 is 1.14 bits per heavy atom. The van der Waals surface area contributed by atoms with Crippen molar-refractivity contribution in [3.63, 3.8) is 0 Å². The van der Waals surface area contributed by atoms with Crippen molar-refractivity contribution in [2.75, 3.05) is 25.1 Å². The summed E-state index contributed by atoms with van der Waals surface area (Å²) in [4.78, 5) is 44.3. The highest BCUT2D eigenvalue weighted by atomic mass is 32.2. The largest absolute Gasteiger partial charge is 0.355 e. The van der Waals surface area contributed by atoms with Crippen molar-refractivity contribution >= 4 is 55.5 Å². The lowest BCUT2D eigenvalue weighted by Gasteiger charge is -2.17. The van der Waals surface area contributed by atoms with Gasteiger partial charge in [-0.2, -0.15) is 0 Å². The number of fused-ring (bicyclic) bond motifs is 1. The fourth-order valence-corrected chi connectivity index (χ4v) is 4.59. The molecule has 7 nitrogen and oxygen atoms in total. The fraction of sp³-hybridized carbons (Fsp3) is 0.200. The van der Waals surface area contributed by atoms with Crippen LogP contribution in [-0.2, 0) is 9.53 Å². The van der Waals surface area contributed by atoms with E-state index in [1.54, 1.807) is 41.7 Å². The Hall–Kier alpha value is -2.75. The minimum atomic E-state index is -1.01. The number of hydrogen-bond acceptors (Lipinski definition) is 8. The van der Waals surface area contributed by atoms with Gasteiger partial charge in [-0.15, -0.1) is 0 Å². The number of carbonyl (C=O) groups excluding carboxylic acids is 3. The molecule has 29 heavy (non-hydrogen) atoms. The first-order chi connectivity index (χ1) is 14.0. The molecular formula is C20H17N3O4S2. The zero-order valence-electron chi connectivity index (χ0n) is 15.5. The first-order valence-corrected chi connectivity index (χ1v) is 10.6. The number of benzene rings is 2. The standard InChI is InChI=1S/C20H17N3O4S2/c1-22(19-21-14-9-5-6-10-15(14)28-19)11-12-27-18-17(25)23(20(26)29-18)16(24)13-7-3-2-4-8-13/h2-10,18H,11-12H2,1H3. The molecule has 0 bridgehead atoms. The fourth-order valence-electron chi connectivity index (χ4n) is 2.80. The van der Waals surface area contributed by atoms with E-state index in [2.05, 4.69) is 4.98 Å². The van der Waals surface area contributed by atoms with E-state index in [1.165, 1.54) is 0 Å². The third-order valence-corrected chi connectivity index (χ3v) is 6.43. The maximum Gasteiger partial charge on any atom is 0.298 e. The molecule has 3 aromatic rings. The molecule has 3 amide bonds. The molecule has 1 fully saturated rings. The number of hydrogen-bond donors (Lipinski definition) is 0. The van der Waals surface area contributed by atoms with Crippen LogP contribution in [0.15, 0.2) is 54.6 Å². The van der Waals surface area contributed by atoms with Gasteiger partial charge < -0.3 is 9.64 Å². The molecule has 4 rings (SSSR count). The molecule has 0 aliphatic carbocycles. The predicted octanol–water partition coefficient (Wildman–Crippen LogP) is 3.61. The molecule has 0 saturated carbocycles. The van der Waals surface area contributed by atoms with Gasteiger partial charge in [0.2, 0.25) is 0 Å². The SMILES string of the molecule is CN(CCOC1SC(=O)N(C(=O)c2ccccc2)C1=O)c1nc2ccccc2s1. The van der Waals surface area contributed by atoms with Crippen LogP contribution in [0.2, 0.25) is 0 Å². The molecule has 0 N–H and O–H groups in total. The number of imide groups is 3. The van der Waals surface area contributed by atoms with Crippen molar-refractivity contribution < 1.29 is 19.1 Å². The monoisotopic (exact) mass is 427 g/mol. The summed E-state index contributed by atoms with van der Waals surface area (Å²) in [7, 11) is 1.89. The lowest BCUT2D eigenvalue weighted by atomic mass is 10.2. The highest BCUT2D eigenvalue weighted by Gasteiger charge is 2.44. The van der Waals surface area contributed by atoms with E-state index in [0.29, 0.717) is 11.4 Å². The molecule has 2 aromatic carbocycles. The molecule has 1 unspecified atom stereocenters. The van der Waals surface area contributed by atoms with Gasteiger partial charge in [0.25, 0.3) is 17.1 Å². The van der Waals surface area contributed by atoms with Crippen molar-refractivity contribution in [1.82, 2.24) is 9.88 Å². The Labute approximate surface area is 175 Å². The number of thiazole rings is 1. The normalized spacial score (nSPS) is 16.6. The number of amides is 3. The Kier molecular flexibility index (Phi) is 5.61. The van der Waals surface area contributed by atoms with Crippen molar-refractivity contribution in [1.29, 1.82) is 0 Å². The molecule has 1 aliphatic rings. The lowest BCUT2D eigenvalue weighted by molar-refractivity contribution is -0.131. The van der Waals surface area contributed by atoms with Gasteiger partial charge >= 0.3 is 0 Å². The molecule has 2 heterocycles. The second kappa shape index (κ2) is 8.32. The molecule has 1 atom stereocenters. The molecular weight excluding hydrogens is 410 g/mol. The number of para-hydroxylation sites is 1. The summed E-state index contributed by atoms with van der Waals surface area (Å²) < 4.78 is 6.70. The summed E-state index contributed by atoms with van der Waals surface area (Å²) in [5.74, 6) is -1.28. The second-order valence-electron chi connectivity index (χ2n) is 6.32. The van der Waals surface area contributed by atoms with E-state index in [0.717, 1.165) is 27.1 Å². The zero-order valence-corrected chi connectivity index (χ0v) is 17.1. The van der Waals surface area contributed by atoms with Crippen molar-refractivity contribution in [2.45, 2.75) is 5.44 Å². The lowest BCUT2D eigenvalue weighted by Crippen LogP contribution is -2.38. The molecule has 1 saturated heterocycles. The highest BCUT2D eigenvalue weighted by molar-refractivity contribution is 8.15. The van der Waals surface area contributed by atoms with Crippen LogP contribution < -0.4 is 4.90 Å². The highest BCUT2D eigenvalue weighted by Crippen LogP contribution is 2.30. The molecule has 0 spiro atoms. The van der Waals surface area contributed by atoms with E-state index >= 15 is 0 Å². The third kappa shape index (κ3) is 4.02. The molecule has 1 aromatic heterocycles. The van der Waals surface area contributed by atoms with Gasteiger partial charge in [-0.05, 0) is 36.0 Å². The first kappa shape index (κ1) is 19.6. The molecule has 0 radical (unpaired) electrons. The summed E-state index contributed by atoms with van der Waals surface area (Å²) in [5, 5.41) is 0.227. The van der Waals surface area contributed by atoms with Crippen LogP contribution in [-0.4, -0.2) is 52.6 Å². The number of ether oxygens (including phenoxy) is 1. The van der Waals surface area contributed by atoms with Gasteiger partial charge in [0.05, 0.1) is 16.8 Å². The van der Waals surface area contributed by atoms with Crippen molar-refractivity contribution in [3.8, 4) is 0 Å². The van der Waals surface area contributed by atoms with E-state index in [1.807, 2.05) is 36.2 Å². The van der Waals surface area contributed by atoms with Gasteiger partial charge in [-0.1, -0.05) is 41.7 Å². The Balaban J connectivity index is 1.34. The van der Waals surface area contributed by atoms with Crippen molar-refractivity contribution in [3.05, 3.63) is 60.2 Å². The van der Waals surface area contributed by atoms with Crippen LogP contribution in [0.5, 0.6) is 0 Å². The van der Waals surface area contributed by atoms with E-state index in [9.17, 15) is 14.4 Å². The number of carbonyl (C=O) groups is 3. The van der Waals surface area contributed by atoms with E-state index in [4.69, 9.17) is 4.74 Å². The summed E-state index contributed by atoms with van der Waals surface area (Å²) in [5.41, 5.74) is 0.201. The number of rotatable bonds is 6. The average Bonchev–Trinajstić information content (AvgIpc) is 3.29. The predicted molar refractivity (Wildman–Crippen MR) is 113 cm³/mol. The smallest absolute Gasteiger partial charge is 0.298 e. The quantitative estimate of drug-likeness (QED) is 0.556. The Morgan fingerprint density at radius 2 is 1.86 bits per heavy atom. The van der Waals surface area contributed by atoms with Crippen LogP contribution in [0.3, 0.4) is 0 Å². The van der Waals surface area contributed by atoms with Gasteiger partial charge in [0.15, 0.2) is 10.6 Å². The molecule has 148 valence electrons. The average molecular weight is 428 g/mol. The molecule has 9 heteroatoms. The summed E-state index contributed by atoms with van der Waals surface area (Å²) in [6.45, 7) is 0.710. The summed E-state index contributed by atoms with van der Waals surface area (Å²) in [6.07, 6.45) is 0. The number of nitrogens with zero attached hydrogens (tertiary/aromatic N) is 3. The minimum absolute atomic E-state index is 0.219. The number of thioether (sulfide) groups is 1. The van der Waals surface area contributed by atoms with Crippen LogP contribution in [0.1, 0.15) is 10.4 Å². The topological polar surface area (TPSA) is 79.8 Å². The Morgan fingerprint density at radius 3 is 2.62 bits per heavy atom. The van der Waals surface area contributed by atoms with Crippen LogP contribution in [0.4, 0.5) is 9.93 Å².